The number of ketones is 1. The molecular weight excluding hydrogens is 334 g/mol. The van der Waals surface area contributed by atoms with Crippen LogP contribution in [0.25, 0.3) is 0 Å². The number of likely N-dealkylation sites (tertiary alicyclic amines) is 1. The summed E-state index contributed by atoms with van der Waals surface area (Å²) in [6.07, 6.45) is 6.41. The first-order valence-corrected chi connectivity index (χ1v) is 9.88. The van der Waals surface area contributed by atoms with Gasteiger partial charge in [0.1, 0.15) is 5.76 Å². The molecule has 0 spiro atoms. The number of nitrogens with zero attached hydrogens (tertiary/aromatic N) is 1. The van der Waals surface area contributed by atoms with E-state index in [2.05, 4.69) is 0 Å². The van der Waals surface area contributed by atoms with Crippen molar-refractivity contribution >= 4 is 23.5 Å². The van der Waals surface area contributed by atoms with Crippen LogP contribution in [0.4, 0.5) is 0 Å². The van der Waals surface area contributed by atoms with Crippen molar-refractivity contribution in [1.29, 1.82) is 0 Å². The second-order valence-electron chi connectivity index (χ2n) is 6.35. The van der Waals surface area contributed by atoms with Crippen molar-refractivity contribution in [3.05, 3.63) is 54.0 Å². The van der Waals surface area contributed by atoms with Crippen molar-refractivity contribution in [3.8, 4) is 0 Å². The molecule has 2 aromatic rings. The summed E-state index contributed by atoms with van der Waals surface area (Å²) in [5.74, 6) is 0.983. The van der Waals surface area contributed by atoms with E-state index in [1.165, 1.54) is 0 Å². The molecule has 1 aliphatic rings. The summed E-state index contributed by atoms with van der Waals surface area (Å²) < 4.78 is 5.28. The average Bonchev–Trinajstić information content (AvgIpc) is 3.19. The molecule has 1 aliphatic heterocycles. The molecule has 0 radical (unpaired) electrons. The molecule has 2 heterocycles. The van der Waals surface area contributed by atoms with E-state index in [0.29, 0.717) is 19.4 Å². The lowest BCUT2D eigenvalue weighted by molar-refractivity contribution is -0.132. The smallest absolute Gasteiger partial charge is 0.223 e. The molecular formula is C20H23NO3S. The number of Topliss-reactive ketones (excluding diaryl/α,β-unsaturated/α-hetero) is 1. The Labute approximate surface area is 152 Å². The van der Waals surface area contributed by atoms with Gasteiger partial charge in [-0.2, -0.15) is 0 Å². The van der Waals surface area contributed by atoms with Crippen molar-refractivity contribution in [2.45, 2.75) is 30.6 Å². The normalized spacial score (nSPS) is 17.5. The maximum Gasteiger partial charge on any atom is 0.223 e. The molecule has 1 saturated heterocycles. The molecule has 1 amide bonds. The first-order chi connectivity index (χ1) is 12.2. The minimum absolute atomic E-state index is 0.0959. The first kappa shape index (κ1) is 17.8. The number of thioether (sulfide) groups is 1. The van der Waals surface area contributed by atoms with Gasteiger partial charge < -0.3 is 9.32 Å². The Kier molecular flexibility index (Phi) is 5.97. The fourth-order valence-corrected chi connectivity index (χ4v) is 3.66. The van der Waals surface area contributed by atoms with Crippen molar-refractivity contribution in [3.63, 3.8) is 0 Å². The fourth-order valence-electron chi connectivity index (χ4n) is 3.25. The lowest BCUT2D eigenvalue weighted by atomic mass is 9.90. The van der Waals surface area contributed by atoms with Crippen LogP contribution in [0.15, 0.2) is 52.0 Å². The van der Waals surface area contributed by atoms with Crippen molar-refractivity contribution in [1.82, 2.24) is 4.90 Å². The molecule has 1 aromatic carbocycles. The van der Waals surface area contributed by atoms with Gasteiger partial charge in [-0.25, -0.2) is 0 Å². The molecule has 5 heteroatoms. The van der Waals surface area contributed by atoms with Gasteiger partial charge in [0.2, 0.25) is 5.91 Å². The molecule has 1 fully saturated rings. The molecule has 1 aromatic heterocycles. The number of hydrogen-bond donors (Lipinski definition) is 0. The Morgan fingerprint density at radius 3 is 2.72 bits per heavy atom. The molecule has 1 atom stereocenters. The van der Waals surface area contributed by atoms with E-state index in [-0.39, 0.29) is 17.6 Å². The van der Waals surface area contributed by atoms with Crippen LogP contribution in [-0.2, 0) is 11.2 Å². The number of benzene rings is 1. The zero-order chi connectivity index (χ0) is 17.6. The summed E-state index contributed by atoms with van der Waals surface area (Å²) >= 11 is 1.66. The second-order valence-corrected chi connectivity index (χ2v) is 7.23. The number of hydrogen-bond acceptors (Lipinski definition) is 4. The van der Waals surface area contributed by atoms with Gasteiger partial charge in [-0.15, -0.1) is 11.8 Å². The molecule has 0 N–H and O–H groups in total. The van der Waals surface area contributed by atoms with Crippen LogP contribution >= 0.6 is 11.8 Å². The number of amides is 1. The molecule has 4 nitrogen and oxygen atoms in total. The second kappa shape index (κ2) is 8.39. The van der Waals surface area contributed by atoms with E-state index >= 15 is 0 Å². The van der Waals surface area contributed by atoms with Crippen LogP contribution < -0.4 is 0 Å². The minimum atomic E-state index is -0.0959. The van der Waals surface area contributed by atoms with Gasteiger partial charge in [0.05, 0.1) is 6.26 Å². The minimum Gasteiger partial charge on any atom is -0.469 e. The van der Waals surface area contributed by atoms with Crippen LogP contribution in [0.2, 0.25) is 0 Å². The quantitative estimate of drug-likeness (QED) is 0.578. The van der Waals surface area contributed by atoms with Crippen molar-refractivity contribution in [2.75, 3.05) is 19.3 Å². The predicted octanol–water partition coefficient (Wildman–Crippen LogP) is 4.06. The highest BCUT2D eigenvalue weighted by Gasteiger charge is 2.28. The monoisotopic (exact) mass is 357 g/mol. The molecule has 0 bridgehead atoms. The van der Waals surface area contributed by atoms with Gasteiger partial charge in [-0.05, 0) is 43.4 Å². The van der Waals surface area contributed by atoms with E-state index in [1.807, 2.05) is 47.6 Å². The van der Waals surface area contributed by atoms with E-state index in [0.717, 1.165) is 35.6 Å². The predicted molar refractivity (Wildman–Crippen MR) is 98.9 cm³/mol. The highest BCUT2D eigenvalue weighted by Crippen LogP contribution is 2.23. The van der Waals surface area contributed by atoms with Crippen LogP contribution in [0, 0.1) is 5.92 Å². The average molecular weight is 357 g/mol. The number of carbonyl (C=O) groups is 2. The van der Waals surface area contributed by atoms with Gasteiger partial charge in [-0.1, -0.05) is 12.1 Å². The number of carbonyl (C=O) groups excluding carboxylic acids is 2. The van der Waals surface area contributed by atoms with Crippen LogP contribution in [0.1, 0.15) is 35.4 Å². The Morgan fingerprint density at radius 1 is 1.24 bits per heavy atom. The van der Waals surface area contributed by atoms with E-state index in [9.17, 15) is 9.59 Å². The summed E-state index contributed by atoms with van der Waals surface area (Å²) in [5, 5.41) is 0. The molecule has 0 aliphatic carbocycles. The first-order valence-electron chi connectivity index (χ1n) is 8.66. The topological polar surface area (TPSA) is 50.5 Å². The van der Waals surface area contributed by atoms with Crippen LogP contribution in [0.3, 0.4) is 0 Å². The van der Waals surface area contributed by atoms with Crippen LogP contribution in [0.5, 0.6) is 0 Å². The number of rotatable bonds is 6. The molecule has 1 unspecified atom stereocenters. The van der Waals surface area contributed by atoms with Crippen molar-refractivity contribution in [2.24, 2.45) is 5.92 Å². The molecule has 0 saturated carbocycles. The third-order valence-corrected chi connectivity index (χ3v) is 5.43. The Hall–Kier alpha value is -2.01. The summed E-state index contributed by atoms with van der Waals surface area (Å²) in [4.78, 5) is 28.2. The third kappa shape index (κ3) is 4.54. The van der Waals surface area contributed by atoms with Crippen molar-refractivity contribution < 1.29 is 14.0 Å². The summed E-state index contributed by atoms with van der Waals surface area (Å²) in [6, 6.07) is 11.5. The summed E-state index contributed by atoms with van der Waals surface area (Å²) in [7, 11) is 0. The SMILES string of the molecule is CSc1ccc(C(=O)C2CCCN(C(=O)CCc3ccco3)C2)cc1. The maximum absolute atomic E-state index is 12.8. The van der Waals surface area contributed by atoms with E-state index < -0.39 is 0 Å². The van der Waals surface area contributed by atoms with E-state index in [4.69, 9.17) is 4.42 Å². The summed E-state index contributed by atoms with van der Waals surface area (Å²) in [5.41, 5.74) is 0.743. The fraction of sp³-hybridized carbons (Fsp3) is 0.400. The third-order valence-electron chi connectivity index (χ3n) is 4.68. The molecule has 132 valence electrons. The lowest BCUT2D eigenvalue weighted by Crippen LogP contribution is -2.42. The number of aryl methyl sites for hydroxylation is 1. The largest absolute Gasteiger partial charge is 0.469 e. The zero-order valence-electron chi connectivity index (χ0n) is 14.4. The zero-order valence-corrected chi connectivity index (χ0v) is 15.3. The Bertz CT molecular complexity index is 709. The van der Waals surface area contributed by atoms with Gasteiger partial charge in [0, 0.05) is 42.3 Å². The maximum atomic E-state index is 12.8. The van der Waals surface area contributed by atoms with Gasteiger partial charge in [0.25, 0.3) is 0 Å². The van der Waals surface area contributed by atoms with Gasteiger partial charge >= 0.3 is 0 Å². The van der Waals surface area contributed by atoms with Gasteiger partial charge in [0.15, 0.2) is 5.78 Å². The van der Waals surface area contributed by atoms with Gasteiger partial charge in [-0.3, -0.25) is 9.59 Å². The number of piperidine rings is 1. The van der Waals surface area contributed by atoms with Crippen LogP contribution in [-0.4, -0.2) is 35.9 Å². The highest BCUT2D eigenvalue weighted by molar-refractivity contribution is 7.98. The lowest BCUT2D eigenvalue weighted by Gasteiger charge is -2.32. The molecule has 25 heavy (non-hydrogen) atoms. The Morgan fingerprint density at radius 2 is 2.04 bits per heavy atom. The molecule has 3 rings (SSSR count). The summed E-state index contributed by atoms with van der Waals surface area (Å²) in [6.45, 7) is 1.27. The standard InChI is InChI=1S/C20H23NO3S/c1-25-18-9-6-15(7-10-18)20(23)16-4-2-12-21(14-16)19(22)11-8-17-5-3-13-24-17/h3,5-7,9-10,13,16H,2,4,8,11-12,14H2,1H3. The Balaban J connectivity index is 1.57. The highest BCUT2D eigenvalue weighted by atomic mass is 32.2. The number of furan rings is 1. The van der Waals surface area contributed by atoms with E-state index in [1.54, 1.807) is 18.0 Å².